The van der Waals surface area contributed by atoms with Gasteiger partial charge in [-0.25, -0.2) is 0 Å². The zero-order chi connectivity index (χ0) is 18.4. The molecule has 138 valence electrons. The minimum atomic E-state index is -4.45. The van der Waals surface area contributed by atoms with Crippen LogP contribution in [0, 0.1) is 0 Å². The molecule has 1 aliphatic heterocycles. The third kappa shape index (κ3) is 5.63. The van der Waals surface area contributed by atoms with Gasteiger partial charge in [0.1, 0.15) is 12.3 Å². The van der Waals surface area contributed by atoms with Gasteiger partial charge in [-0.1, -0.05) is 0 Å². The Bertz CT molecular complexity index is 597. The predicted octanol–water partition coefficient (Wildman–Crippen LogP) is 2.18. The van der Waals surface area contributed by atoms with E-state index >= 15 is 0 Å². The molecule has 0 radical (unpaired) electrons. The lowest BCUT2D eigenvalue weighted by Crippen LogP contribution is -2.47. The van der Waals surface area contributed by atoms with Crippen molar-refractivity contribution in [2.45, 2.75) is 25.1 Å². The van der Waals surface area contributed by atoms with E-state index in [1.165, 1.54) is 4.90 Å². The summed E-state index contributed by atoms with van der Waals surface area (Å²) in [5, 5.41) is 8.98. The number of aliphatic carboxylic acids is 1. The molecule has 0 bridgehead atoms. The number of carbonyl (C=O) groups excluding carboxylic acids is 1. The number of ether oxygens (including phenoxy) is 2. The summed E-state index contributed by atoms with van der Waals surface area (Å²) in [6.07, 6.45) is -3.39. The molecule has 2 rings (SSSR count). The largest absolute Gasteiger partial charge is 0.484 e. The minimum Gasteiger partial charge on any atom is -0.484 e. The molecule has 1 N–H and O–H groups in total. The normalized spacial score (nSPS) is 15.6. The number of carboxylic acid groups (broad SMARTS) is 1. The Morgan fingerprint density at radius 3 is 2.32 bits per heavy atom. The van der Waals surface area contributed by atoms with E-state index in [2.05, 4.69) is 0 Å². The van der Waals surface area contributed by atoms with Gasteiger partial charge in [-0.15, -0.1) is 0 Å². The monoisotopic (exact) mass is 361 g/mol. The van der Waals surface area contributed by atoms with Gasteiger partial charge in [0.15, 0.2) is 6.61 Å². The molecule has 6 nitrogen and oxygen atoms in total. The lowest BCUT2D eigenvalue weighted by Gasteiger charge is -2.33. The first kappa shape index (κ1) is 19.0. The molecule has 0 spiro atoms. The van der Waals surface area contributed by atoms with Crippen LogP contribution in [0.3, 0.4) is 0 Å². The number of carboxylic acids is 1. The first-order valence-corrected chi connectivity index (χ1v) is 7.66. The van der Waals surface area contributed by atoms with Gasteiger partial charge in [0.2, 0.25) is 0 Å². The van der Waals surface area contributed by atoms with Gasteiger partial charge < -0.3 is 19.5 Å². The molecule has 1 fully saturated rings. The Morgan fingerprint density at radius 2 is 1.80 bits per heavy atom. The SMILES string of the molecule is O=C(O)CN(C(=O)COc1ccc(C(F)(F)F)cc1)C1CCOCC1. The third-order valence-electron chi connectivity index (χ3n) is 3.80. The van der Waals surface area contributed by atoms with E-state index < -0.39 is 36.8 Å². The summed E-state index contributed by atoms with van der Waals surface area (Å²) in [5.41, 5.74) is -0.819. The van der Waals surface area contributed by atoms with Gasteiger partial charge >= 0.3 is 12.1 Å². The standard InChI is InChI=1S/C16H18F3NO5/c17-16(18,19)11-1-3-13(4-2-11)25-10-14(21)20(9-15(22)23)12-5-7-24-8-6-12/h1-4,12H,5-10H2,(H,22,23). The fourth-order valence-corrected chi connectivity index (χ4v) is 2.53. The number of halogens is 3. The summed E-state index contributed by atoms with van der Waals surface area (Å²) in [7, 11) is 0. The molecule has 0 saturated carbocycles. The van der Waals surface area contributed by atoms with Crippen molar-refractivity contribution in [1.82, 2.24) is 4.90 Å². The highest BCUT2D eigenvalue weighted by Gasteiger charge is 2.30. The first-order chi connectivity index (χ1) is 11.8. The first-order valence-electron chi connectivity index (χ1n) is 7.66. The number of alkyl halides is 3. The topological polar surface area (TPSA) is 76.1 Å². The van der Waals surface area contributed by atoms with Gasteiger partial charge in [0.05, 0.1) is 5.56 Å². The average molecular weight is 361 g/mol. The Morgan fingerprint density at radius 1 is 1.20 bits per heavy atom. The highest BCUT2D eigenvalue weighted by Crippen LogP contribution is 2.30. The van der Waals surface area contributed by atoms with Crippen molar-refractivity contribution in [3.8, 4) is 5.75 Å². The Labute approximate surface area is 142 Å². The molecule has 0 atom stereocenters. The quantitative estimate of drug-likeness (QED) is 0.841. The van der Waals surface area contributed by atoms with E-state index in [-0.39, 0.29) is 11.8 Å². The van der Waals surface area contributed by atoms with Crippen molar-refractivity contribution in [1.29, 1.82) is 0 Å². The van der Waals surface area contributed by atoms with Gasteiger partial charge in [-0.05, 0) is 37.1 Å². The number of hydrogen-bond acceptors (Lipinski definition) is 4. The number of rotatable bonds is 6. The molecular formula is C16H18F3NO5. The molecule has 1 amide bonds. The summed E-state index contributed by atoms with van der Waals surface area (Å²) in [4.78, 5) is 24.5. The van der Waals surface area contributed by atoms with Crippen LogP contribution in [0.15, 0.2) is 24.3 Å². The average Bonchev–Trinajstić information content (AvgIpc) is 2.58. The van der Waals surface area contributed by atoms with Gasteiger partial charge in [-0.3, -0.25) is 9.59 Å². The number of nitrogens with zero attached hydrogens (tertiary/aromatic N) is 1. The molecule has 0 aliphatic carbocycles. The lowest BCUT2D eigenvalue weighted by atomic mass is 10.1. The Kier molecular flexibility index (Phi) is 6.24. The van der Waals surface area contributed by atoms with Crippen LogP contribution in [-0.2, 0) is 20.5 Å². The summed E-state index contributed by atoms with van der Waals surface area (Å²) in [5.74, 6) is -1.58. The van der Waals surface area contributed by atoms with Crippen LogP contribution >= 0.6 is 0 Å². The summed E-state index contributed by atoms with van der Waals surface area (Å²) in [6, 6.07) is 3.69. The van der Waals surface area contributed by atoms with Gasteiger partial charge in [-0.2, -0.15) is 13.2 Å². The molecule has 1 saturated heterocycles. The highest BCUT2D eigenvalue weighted by molar-refractivity contribution is 5.82. The van der Waals surface area contributed by atoms with Crippen LogP contribution in [-0.4, -0.2) is 54.3 Å². The minimum absolute atomic E-state index is 0.101. The maximum Gasteiger partial charge on any atom is 0.416 e. The molecule has 1 aliphatic rings. The molecule has 0 unspecified atom stereocenters. The molecule has 9 heteroatoms. The second kappa shape index (κ2) is 8.19. The Hall–Kier alpha value is -2.29. The van der Waals surface area contributed by atoms with Crippen LogP contribution in [0.1, 0.15) is 18.4 Å². The van der Waals surface area contributed by atoms with Crippen molar-refractivity contribution < 1.29 is 37.3 Å². The van der Waals surface area contributed by atoms with Crippen molar-refractivity contribution in [2.75, 3.05) is 26.4 Å². The van der Waals surface area contributed by atoms with E-state index in [1.54, 1.807) is 0 Å². The Balaban J connectivity index is 1.96. The zero-order valence-corrected chi connectivity index (χ0v) is 13.3. The van der Waals surface area contributed by atoms with Crippen LogP contribution in [0.25, 0.3) is 0 Å². The van der Waals surface area contributed by atoms with E-state index in [0.717, 1.165) is 24.3 Å². The van der Waals surface area contributed by atoms with E-state index in [0.29, 0.717) is 26.1 Å². The smallest absolute Gasteiger partial charge is 0.416 e. The van der Waals surface area contributed by atoms with Gasteiger partial charge in [0.25, 0.3) is 5.91 Å². The highest BCUT2D eigenvalue weighted by atomic mass is 19.4. The second-order valence-electron chi connectivity index (χ2n) is 5.57. The molecule has 1 aromatic rings. The van der Waals surface area contributed by atoms with Crippen LogP contribution in [0.4, 0.5) is 13.2 Å². The maximum atomic E-state index is 12.5. The fourth-order valence-electron chi connectivity index (χ4n) is 2.53. The summed E-state index contributed by atoms with van der Waals surface area (Å²) >= 11 is 0. The van der Waals surface area contributed by atoms with Crippen molar-refractivity contribution in [3.05, 3.63) is 29.8 Å². The molecule has 1 aromatic carbocycles. The van der Waals surface area contributed by atoms with Crippen LogP contribution in [0.2, 0.25) is 0 Å². The summed E-state index contributed by atoms with van der Waals surface area (Å²) < 4.78 is 47.9. The maximum absolute atomic E-state index is 12.5. The van der Waals surface area contributed by atoms with E-state index in [4.69, 9.17) is 14.6 Å². The van der Waals surface area contributed by atoms with Crippen LogP contribution < -0.4 is 4.74 Å². The predicted molar refractivity (Wildman–Crippen MR) is 80.1 cm³/mol. The number of amides is 1. The van der Waals surface area contributed by atoms with Crippen molar-refractivity contribution in [3.63, 3.8) is 0 Å². The summed E-state index contributed by atoms with van der Waals surface area (Å²) in [6.45, 7) is -0.0302. The van der Waals surface area contributed by atoms with E-state index in [1.807, 2.05) is 0 Å². The fraction of sp³-hybridized carbons (Fsp3) is 0.500. The molecule has 25 heavy (non-hydrogen) atoms. The lowest BCUT2D eigenvalue weighted by molar-refractivity contribution is -0.148. The van der Waals surface area contributed by atoms with Crippen molar-refractivity contribution in [2.24, 2.45) is 0 Å². The van der Waals surface area contributed by atoms with Gasteiger partial charge in [0, 0.05) is 19.3 Å². The molecular weight excluding hydrogens is 343 g/mol. The zero-order valence-electron chi connectivity index (χ0n) is 13.3. The van der Waals surface area contributed by atoms with E-state index in [9.17, 15) is 22.8 Å². The second-order valence-corrected chi connectivity index (χ2v) is 5.57. The third-order valence-corrected chi connectivity index (χ3v) is 3.80. The molecule has 1 heterocycles. The van der Waals surface area contributed by atoms with Crippen LogP contribution in [0.5, 0.6) is 5.75 Å². The number of carbonyl (C=O) groups is 2. The molecule has 0 aromatic heterocycles. The number of hydrogen-bond donors (Lipinski definition) is 1. The number of benzene rings is 1. The van der Waals surface area contributed by atoms with Crippen molar-refractivity contribution >= 4 is 11.9 Å².